The van der Waals surface area contributed by atoms with E-state index in [1.165, 1.54) is 43.7 Å². The maximum atomic E-state index is 3.40. The van der Waals surface area contributed by atoms with Gasteiger partial charge in [0.2, 0.25) is 0 Å². The van der Waals surface area contributed by atoms with Crippen LogP contribution in [0.1, 0.15) is 46.5 Å². The second-order valence-electron chi connectivity index (χ2n) is 5.88. The summed E-state index contributed by atoms with van der Waals surface area (Å²) >= 11 is 2.11. The molecule has 1 aliphatic carbocycles. The lowest BCUT2D eigenvalue weighted by atomic mass is 9.69. The standard InChI is InChI=1S/C15H31NS/c1-5-17-9-8-14-10-13(12(2)3)6-7-15(14)11-16-4/h12-16H,5-11H2,1-4H3. The summed E-state index contributed by atoms with van der Waals surface area (Å²) in [7, 11) is 2.10. The van der Waals surface area contributed by atoms with Gasteiger partial charge in [-0.2, -0.15) is 11.8 Å². The number of nitrogens with one attached hydrogen (secondary N) is 1. The highest BCUT2D eigenvalue weighted by molar-refractivity contribution is 7.99. The number of rotatable bonds is 7. The van der Waals surface area contributed by atoms with Gasteiger partial charge >= 0.3 is 0 Å². The molecule has 0 bridgehead atoms. The molecule has 1 aliphatic rings. The lowest BCUT2D eigenvalue weighted by Gasteiger charge is -2.38. The van der Waals surface area contributed by atoms with Crippen molar-refractivity contribution in [3.05, 3.63) is 0 Å². The number of hydrogen-bond acceptors (Lipinski definition) is 2. The third-order valence-electron chi connectivity index (χ3n) is 4.43. The van der Waals surface area contributed by atoms with Crippen LogP contribution < -0.4 is 5.32 Å². The first kappa shape index (κ1) is 15.4. The van der Waals surface area contributed by atoms with Gasteiger partial charge in [-0.25, -0.2) is 0 Å². The quantitative estimate of drug-likeness (QED) is 0.691. The van der Waals surface area contributed by atoms with Crippen molar-refractivity contribution >= 4 is 11.8 Å². The fraction of sp³-hybridized carbons (Fsp3) is 1.00. The first-order chi connectivity index (χ1) is 8.19. The predicted octanol–water partition coefficient (Wildman–Crippen LogP) is 4.04. The highest BCUT2D eigenvalue weighted by Gasteiger charge is 2.30. The molecule has 0 aromatic carbocycles. The van der Waals surface area contributed by atoms with E-state index in [2.05, 4.69) is 44.9 Å². The summed E-state index contributed by atoms with van der Waals surface area (Å²) in [6.45, 7) is 8.31. The van der Waals surface area contributed by atoms with Gasteiger partial charge in [-0.15, -0.1) is 0 Å². The van der Waals surface area contributed by atoms with Crippen molar-refractivity contribution in [1.82, 2.24) is 5.32 Å². The third-order valence-corrected chi connectivity index (χ3v) is 5.36. The SMILES string of the molecule is CCSCCC1CC(C(C)C)CCC1CNC. The molecule has 0 aromatic rings. The van der Waals surface area contributed by atoms with Crippen molar-refractivity contribution in [3.63, 3.8) is 0 Å². The van der Waals surface area contributed by atoms with Crippen molar-refractivity contribution in [2.24, 2.45) is 23.7 Å². The number of hydrogen-bond donors (Lipinski definition) is 1. The average Bonchev–Trinajstić information content (AvgIpc) is 2.31. The molecule has 102 valence electrons. The van der Waals surface area contributed by atoms with E-state index in [9.17, 15) is 0 Å². The van der Waals surface area contributed by atoms with Crippen LogP contribution in [-0.4, -0.2) is 25.1 Å². The van der Waals surface area contributed by atoms with Gasteiger partial charge in [0, 0.05) is 0 Å². The van der Waals surface area contributed by atoms with Crippen LogP contribution >= 0.6 is 11.8 Å². The van der Waals surface area contributed by atoms with Crippen LogP contribution in [0, 0.1) is 23.7 Å². The summed E-state index contributed by atoms with van der Waals surface area (Å²) in [5.74, 6) is 6.42. The average molecular weight is 257 g/mol. The Balaban J connectivity index is 2.43. The van der Waals surface area contributed by atoms with E-state index in [1.807, 2.05) is 0 Å². The van der Waals surface area contributed by atoms with Crippen LogP contribution in [0.4, 0.5) is 0 Å². The van der Waals surface area contributed by atoms with Gasteiger partial charge in [0.1, 0.15) is 0 Å². The normalized spacial score (nSPS) is 29.8. The molecule has 0 saturated heterocycles. The monoisotopic (exact) mass is 257 g/mol. The smallest absolute Gasteiger partial charge is 0.00209 e. The van der Waals surface area contributed by atoms with Gasteiger partial charge in [0.05, 0.1) is 0 Å². The van der Waals surface area contributed by atoms with Gasteiger partial charge < -0.3 is 5.32 Å². The molecule has 17 heavy (non-hydrogen) atoms. The van der Waals surface area contributed by atoms with Crippen LogP contribution in [0.3, 0.4) is 0 Å². The van der Waals surface area contributed by atoms with Crippen molar-refractivity contribution in [2.75, 3.05) is 25.1 Å². The molecule has 3 unspecified atom stereocenters. The molecule has 0 aliphatic heterocycles. The lowest BCUT2D eigenvalue weighted by molar-refractivity contribution is 0.144. The molecular formula is C15H31NS. The minimum absolute atomic E-state index is 0.881. The van der Waals surface area contributed by atoms with Crippen molar-refractivity contribution < 1.29 is 0 Å². The lowest BCUT2D eigenvalue weighted by Crippen LogP contribution is -2.33. The summed E-state index contributed by atoms with van der Waals surface area (Å²) in [6, 6.07) is 0. The highest BCUT2D eigenvalue weighted by atomic mass is 32.2. The molecule has 3 atom stereocenters. The Morgan fingerprint density at radius 3 is 2.59 bits per heavy atom. The van der Waals surface area contributed by atoms with Crippen LogP contribution in [0.5, 0.6) is 0 Å². The van der Waals surface area contributed by atoms with Gasteiger partial charge in [-0.1, -0.05) is 20.8 Å². The van der Waals surface area contributed by atoms with E-state index in [1.54, 1.807) is 0 Å². The molecule has 1 rings (SSSR count). The maximum Gasteiger partial charge on any atom is -0.00209 e. The van der Waals surface area contributed by atoms with Gasteiger partial charge in [-0.3, -0.25) is 0 Å². The maximum absolute atomic E-state index is 3.40. The van der Waals surface area contributed by atoms with Crippen molar-refractivity contribution in [3.8, 4) is 0 Å². The molecule has 2 heteroatoms. The minimum Gasteiger partial charge on any atom is -0.319 e. The molecule has 0 radical (unpaired) electrons. The Bertz CT molecular complexity index is 193. The molecule has 0 aromatic heterocycles. The Hall–Kier alpha value is 0.310. The zero-order chi connectivity index (χ0) is 12.7. The summed E-state index contributed by atoms with van der Waals surface area (Å²) in [5, 5.41) is 3.40. The van der Waals surface area contributed by atoms with E-state index < -0.39 is 0 Å². The molecule has 1 N–H and O–H groups in total. The second-order valence-corrected chi connectivity index (χ2v) is 7.27. The van der Waals surface area contributed by atoms with Gasteiger partial charge in [-0.05, 0) is 74.5 Å². The summed E-state index contributed by atoms with van der Waals surface area (Å²) in [6.07, 6.45) is 5.83. The molecule has 1 nitrogen and oxygen atoms in total. The fourth-order valence-electron chi connectivity index (χ4n) is 3.23. The van der Waals surface area contributed by atoms with Gasteiger partial charge in [0.25, 0.3) is 0 Å². The zero-order valence-electron chi connectivity index (χ0n) is 12.2. The molecular weight excluding hydrogens is 226 g/mol. The van der Waals surface area contributed by atoms with Crippen LogP contribution in [0.2, 0.25) is 0 Å². The van der Waals surface area contributed by atoms with E-state index in [0.29, 0.717) is 0 Å². The zero-order valence-corrected chi connectivity index (χ0v) is 13.0. The Morgan fingerprint density at radius 1 is 1.24 bits per heavy atom. The second kappa shape index (κ2) is 8.42. The van der Waals surface area contributed by atoms with E-state index >= 15 is 0 Å². The molecule has 0 heterocycles. The van der Waals surface area contributed by atoms with Crippen LogP contribution in [0.15, 0.2) is 0 Å². The summed E-state index contributed by atoms with van der Waals surface area (Å²) in [5.41, 5.74) is 0. The predicted molar refractivity (Wildman–Crippen MR) is 80.7 cm³/mol. The molecule has 0 spiro atoms. The first-order valence-electron chi connectivity index (χ1n) is 7.41. The summed E-state index contributed by atoms with van der Waals surface area (Å²) in [4.78, 5) is 0. The first-order valence-corrected chi connectivity index (χ1v) is 8.56. The van der Waals surface area contributed by atoms with Crippen molar-refractivity contribution in [2.45, 2.75) is 46.5 Å². The van der Waals surface area contributed by atoms with Crippen molar-refractivity contribution in [1.29, 1.82) is 0 Å². The van der Waals surface area contributed by atoms with Gasteiger partial charge in [0.15, 0.2) is 0 Å². The molecule has 0 amide bonds. The van der Waals surface area contributed by atoms with E-state index in [-0.39, 0.29) is 0 Å². The van der Waals surface area contributed by atoms with Crippen LogP contribution in [0.25, 0.3) is 0 Å². The number of thioether (sulfide) groups is 1. The molecule has 1 saturated carbocycles. The Morgan fingerprint density at radius 2 is 2.00 bits per heavy atom. The largest absolute Gasteiger partial charge is 0.319 e. The summed E-state index contributed by atoms with van der Waals surface area (Å²) < 4.78 is 0. The van der Waals surface area contributed by atoms with E-state index in [4.69, 9.17) is 0 Å². The fourth-order valence-corrected chi connectivity index (χ4v) is 3.99. The van der Waals surface area contributed by atoms with Crippen LogP contribution in [-0.2, 0) is 0 Å². The molecule has 1 fully saturated rings. The van der Waals surface area contributed by atoms with E-state index in [0.717, 1.165) is 23.7 Å². The topological polar surface area (TPSA) is 12.0 Å². The Kier molecular flexibility index (Phi) is 7.61. The highest BCUT2D eigenvalue weighted by Crippen LogP contribution is 2.39. The third kappa shape index (κ3) is 5.21. The minimum atomic E-state index is 0.881. The Labute approximate surface area is 113 Å².